The van der Waals surface area contributed by atoms with Crippen molar-refractivity contribution >= 4 is 56.3 Å². The molecule has 1 aromatic carbocycles. The van der Waals surface area contributed by atoms with Gasteiger partial charge in [-0.05, 0) is 29.8 Å². The van der Waals surface area contributed by atoms with Gasteiger partial charge in [0.15, 0.2) is 4.34 Å². The molecule has 0 radical (unpaired) electrons. The van der Waals surface area contributed by atoms with Crippen molar-refractivity contribution < 1.29 is 0 Å². The lowest BCUT2D eigenvalue weighted by Crippen LogP contribution is -1.85. The number of hydrogen-bond donors (Lipinski definition) is 0. The second kappa shape index (κ2) is 7.79. The Balaban J connectivity index is 1.49. The first-order valence-corrected chi connectivity index (χ1v) is 10.4. The summed E-state index contributed by atoms with van der Waals surface area (Å²) in [5.41, 5.74) is 3.44. The van der Waals surface area contributed by atoms with Crippen LogP contribution < -0.4 is 0 Å². The van der Waals surface area contributed by atoms with Crippen molar-refractivity contribution in [1.29, 1.82) is 5.26 Å². The van der Waals surface area contributed by atoms with Gasteiger partial charge >= 0.3 is 0 Å². The summed E-state index contributed by atoms with van der Waals surface area (Å²) in [6, 6.07) is 14.1. The minimum Gasteiger partial charge on any atom is -0.264 e. The molecule has 7 heteroatoms. The maximum Gasteiger partial charge on any atom is 0.151 e. The lowest BCUT2D eigenvalue weighted by atomic mass is 10.2. The van der Waals surface area contributed by atoms with Crippen molar-refractivity contribution in [3.63, 3.8) is 0 Å². The molecule has 0 aliphatic heterocycles. The number of nitriles is 1. The van der Waals surface area contributed by atoms with Gasteiger partial charge in [-0.2, -0.15) is 5.26 Å². The van der Waals surface area contributed by atoms with Crippen LogP contribution in [-0.2, 0) is 5.75 Å². The first-order valence-electron chi connectivity index (χ1n) is 7.77. The molecule has 3 aromatic heterocycles. The summed E-state index contributed by atoms with van der Waals surface area (Å²) in [7, 11) is 0. The third-order valence-corrected chi connectivity index (χ3v) is 6.65. The van der Waals surface area contributed by atoms with Gasteiger partial charge in [0, 0.05) is 23.5 Å². The molecule has 0 spiro atoms. The average molecular weight is 393 g/mol. The number of para-hydroxylation sites is 1. The van der Waals surface area contributed by atoms with E-state index in [-0.39, 0.29) is 0 Å². The highest BCUT2D eigenvalue weighted by Gasteiger charge is 2.10. The molecule has 0 fully saturated rings. The first kappa shape index (κ1) is 16.9. The van der Waals surface area contributed by atoms with Crippen LogP contribution in [0.4, 0.5) is 0 Å². The second-order valence-electron chi connectivity index (χ2n) is 5.34. The average Bonchev–Trinajstić information content (AvgIpc) is 3.31. The highest BCUT2D eigenvalue weighted by molar-refractivity contribution is 8.00. The normalized spacial score (nSPS) is 11.6. The summed E-state index contributed by atoms with van der Waals surface area (Å²) in [6.45, 7) is 0. The standard InChI is InChI=1S/C19H12N4S3/c20-9-14(8-13-4-3-7-21-10-13)18-22-15(11-24-18)12-25-19-23-16-5-1-2-6-17(16)26-19/h1-8,10-11H,12H2/b14-8+. The van der Waals surface area contributed by atoms with E-state index in [1.165, 1.54) is 16.0 Å². The number of benzene rings is 1. The molecule has 0 atom stereocenters. The number of nitrogens with zero attached hydrogens (tertiary/aromatic N) is 4. The van der Waals surface area contributed by atoms with Crippen LogP contribution in [0.25, 0.3) is 21.9 Å². The summed E-state index contributed by atoms with van der Waals surface area (Å²) in [6.07, 6.45) is 5.26. The molecule has 4 aromatic rings. The number of rotatable bonds is 5. The number of fused-ring (bicyclic) bond motifs is 1. The van der Waals surface area contributed by atoms with Crippen molar-refractivity contribution in [2.24, 2.45) is 0 Å². The van der Waals surface area contributed by atoms with E-state index in [1.807, 2.05) is 41.8 Å². The van der Waals surface area contributed by atoms with Gasteiger partial charge in [0.25, 0.3) is 0 Å². The first-order chi connectivity index (χ1) is 12.8. The Morgan fingerprint density at radius 1 is 1.19 bits per heavy atom. The third kappa shape index (κ3) is 3.83. The Labute approximate surface area is 162 Å². The molecule has 4 nitrogen and oxygen atoms in total. The van der Waals surface area contributed by atoms with Crippen LogP contribution in [0.15, 0.2) is 58.5 Å². The molecule has 0 unspecified atom stereocenters. The maximum absolute atomic E-state index is 9.45. The number of hydrogen-bond acceptors (Lipinski definition) is 7. The molecule has 0 N–H and O–H groups in total. The van der Waals surface area contributed by atoms with E-state index in [4.69, 9.17) is 0 Å². The molecule has 0 saturated carbocycles. The Morgan fingerprint density at radius 2 is 2.12 bits per heavy atom. The van der Waals surface area contributed by atoms with E-state index >= 15 is 0 Å². The molecular weight excluding hydrogens is 380 g/mol. The summed E-state index contributed by atoms with van der Waals surface area (Å²) in [5, 5.41) is 12.2. The SMILES string of the molecule is N#C/C(=C\c1cccnc1)c1nc(CSc2nc3ccccc3s2)cs1. The van der Waals surface area contributed by atoms with Gasteiger partial charge in [-0.15, -0.1) is 22.7 Å². The predicted octanol–water partition coefficient (Wildman–Crippen LogP) is 5.50. The summed E-state index contributed by atoms with van der Waals surface area (Å²) in [5.74, 6) is 0.738. The number of pyridine rings is 1. The quantitative estimate of drug-likeness (QED) is 0.331. The summed E-state index contributed by atoms with van der Waals surface area (Å²) in [4.78, 5) is 13.3. The second-order valence-corrected chi connectivity index (χ2v) is 8.45. The van der Waals surface area contributed by atoms with E-state index in [2.05, 4.69) is 27.1 Å². The molecule has 4 rings (SSSR count). The molecule has 3 heterocycles. The van der Waals surface area contributed by atoms with Crippen molar-refractivity contribution in [2.45, 2.75) is 10.1 Å². The molecule has 0 saturated heterocycles. The van der Waals surface area contributed by atoms with Crippen LogP contribution in [0.1, 0.15) is 16.3 Å². The monoisotopic (exact) mass is 392 g/mol. The molecule has 0 aliphatic rings. The molecule has 0 bridgehead atoms. The largest absolute Gasteiger partial charge is 0.264 e. The number of aromatic nitrogens is 3. The smallest absolute Gasteiger partial charge is 0.151 e. The fourth-order valence-corrected chi connectivity index (χ4v) is 5.17. The molecule has 0 aliphatic carbocycles. The maximum atomic E-state index is 9.45. The fourth-order valence-electron chi connectivity index (χ4n) is 2.32. The van der Waals surface area contributed by atoms with E-state index in [1.54, 1.807) is 35.5 Å². The summed E-state index contributed by atoms with van der Waals surface area (Å²) >= 11 is 4.86. The highest BCUT2D eigenvalue weighted by Crippen LogP contribution is 2.32. The number of thiazole rings is 2. The van der Waals surface area contributed by atoms with Gasteiger partial charge in [-0.25, -0.2) is 9.97 Å². The van der Waals surface area contributed by atoms with Crippen molar-refractivity contribution in [2.75, 3.05) is 0 Å². The van der Waals surface area contributed by atoms with Crippen LogP contribution in [0.5, 0.6) is 0 Å². The molecule has 26 heavy (non-hydrogen) atoms. The van der Waals surface area contributed by atoms with Crippen LogP contribution >= 0.6 is 34.4 Å². The highest BCUT2D eigenvalue weighted by atomic mass is 32.2. The van der Waals surface area contributed by atoms with Gasteiger partial charge in [0.2, 0.25) is 0 Å². The lowest BCUT2D eigenvalue weighted by molar-refractivity contribution is 1.21. The van der Waals surface area contributed by atoms with Crippen LogP contribution in [0.3, 0.4) is 0 Å². The van der Waals surface area contributed by atoms with Crippen molar-refractivity contribution in [3.05, 3.63) is 70.4 Å². The number of thioether (sulfide) groups is 1. The van der Waals surface area contributed by atoms with Gasteiger partial charge < -0.3 is 0 Å². The zero-order chi connectivity index (χ0) is 17.8. The van der Waals surface area contributed by atoms with Gasteiger partial charge in [0.1, 0.15) is 11.1 Å². The Bertz CT molecular complexity index is 1070. The summed E-state index contributed by atoms with van der Waals surface area (Å²) < 4.78 is 2.23. The minimum atomic E-state index is 0.555. The van der Waals surface area contributed by atoms with Crippen LogP contribution in [-0.4, -0.2) is 15.0 Å². The van der Waals surface area contributed by atoms with Gasteiger partial charge in [0.05, 0.1) is 21.5 Å². The molecule has 126 valence electrons. The zero-order valence-corrected chi connectivity index (χ0v) is 15.9. The van der Waals surface area contributed by atoms with Crippen LogP contribution in [0.2, 0.25) is 0 Å². The van der Waals surface area contributed by atoms with Gasteiger partial charge in [-0.3, -0.25) is 4.98 Å². The third-order valence-electron chi connectivity index (χ3n) is 3.52. The van der Waals surface area contributed by atoms with E-state index in [0.717, 1.165) is 31.9 Å². The van der Waals surface area contributed by atoms with Crippen molar-refractivity contribution in [1.82, 2.24) is 15.0 Å². The topological polar surface area (TPSA) is 62.5 Å². The Morgan fingerprint density at radius 3 is 2.92 bits per heavy atom. The zero-order valence-electron chi connectivity index (χ0n) is 13.5. The van der Waals surface area contributed by atoms with Crippen LogP contribution in [0, 0.1) is 11.3 Å². The Hall–Kier alpha value is -2.53. The number of allylic oxidation sites excluding steroid dienone is 1. The van der Waals surface area contributed by atoms with E-state index in [0.29, 0.717) is 5.57 Å². The molecule has 0 amide bonds. The lowest BCUT2D eigenvalue weighted by Gasteiger charge is -1.95. The fraction of sp³-hybridized carbons (Fsp3) is 0.0526. The van der Waals surface area contributed by atoms with Gasteiger partial charge in [-0.1, -0.05) is 30.0 Å². The predicted molar refractivity (Wildman–Crippen MR) is 109 cm³/mol. The van der Waals surface area contributed by atoms with E-state index < -0.39 is 0 Å². The Kier molecular flexibility index (Phi) is 5.07. The van der Waals surface area contributed by atoms with E-state index in [9.17, 15) is 5.26 Å². The minimum absolute atomic E-state index is 0.555. The van der Waals surface area contributed by atoms with Crippen molar-refractivity contribution in [3.8, 4) is 6.07 Å². The molecular formula is C19H12N4S3.